The molecular weight excluding hydrogens is 295 g/mol. The summed E-state index contributed by atoms with van der Waals surface area (Å²) in [6.07, 6.45) is 2.61. The maximum absolute atomic E-state index is 13.7. The predicted octanol–water partition coefficient (Wildman–Crippen LogP) is 2.96. The molecule has 0 saturated carbocycles. The summed E-state index contributed by atoms with van der Waals surface area (Å²) in [4.78, 5) is 10.8. The lowest BCUT2D eigenvalue weighted by Crippen LogP contribution is -2.43. The molecule has 1 aromatic carbocycles. The zero-order valence-corrected chi connectivity index (χ0v) is 12.3. The molecule has 0 radical (unpaired) electrons. The van der Waals surface area contributed by atoms with E-state index in [0.29, 0.717) is 12.4 Å². The lowest BCUT2D eigenvalue weighted by atomic mass is 9.91. The van der Waals surface area contributed by atoms with Crippen molar-refractivity contribution in [2.75, 3.05) is 18.1 Å². The molecule has 2 heterocycles. The van der Waals surface area contributed by atoms with Crippen LogP contribution in [0.25, 0.3) is 0 Å². The van der Waals surface area contributed by atoms with E-state index >= 15 is 0 Å². The molecule has 0 bridgehead atoms. The van der Waals surface area contributed by atoms with Gasteiger partial charge in [0, 0.05) is 24.7 Å². The van der Waals surface area contributed by atoms with Gasteiger partial charge in [-0.2, -0.15) is 11.8 Å². The number of carboxylic acid groups (broad SMARTS) is 1. The van der Waals surface area contributed by atoms with Crippen LogP contribution in [0.2, 0.25) is 0 Å². The maximum atomic E-state index is 13.7. The Hall–Kier alpha value is -1.27. The molecule has 0 aromatic heterocycles. The number of ether oxygens (including phenoxy) is 2. The molecule has 114 valence electrons. The quantitative estimate of drug-likeness (QED) is 0.930. The second kappa shape index (κ2) is 5.85. The Morgan fingerprint density at radius 2 is 2.38 bits per heavy atom. The number of hydrogen-bond donors (Lipinski definition) is 1. The second-order valence-corrected chi connectivity index (χ2v) is 6.62. The zero-order valence-electron chi connectivity index (χ0n) is 11.5. The first-order valence-corrected chi connectivity index (χ1v) is 8.15. The number of thioether (sulfide) groups is 1. The van der Waals surface area contributed by atoms with Gasteiger partial charge >= 0.3 is 5.97 Å². The third-order valence-electron chi connectivity index (χ3n) is 3.99. The Morgan fingerprint density at radius 3 is 3.05 bits per heavy atom. The molecule has 2 aliphatic heterocycles. The first kappa shape index (κ1) is 14.7. The van der Waals surface area contributed by atoms with E-state index in [0.717, 1.165) is 36.8 Å². The van der Waals surface area contributed by atoms with Gasteiger partial charge in [0.2, 0.25) is 0 Å². The number of carbonyl (C=O) groups is 1. The molecule has 2 saturated heterocycles. The van der Waals surface area contributed by atoms with E-state index < -0.39 is 11.8 Å². The van der Waals surface area contributed by atoms with Crippen molar-refractivity contribution < 1.29 is 23.8 Å². The van der Waals surface area contributed by atoms with Crippen LogP contribution in [0.5, 0.6) is 5.75 Å². The van der Waals surface area contributed by atoms with Gasteiger partial charge in [0.25, 0.3) is 0 Å². The van der Waals surface area contributed by atoms with E-state index in [1.165, 1.54) is 12.1 Å². The lowest BCUT2D eigenvalue weighted by Gasteiger charge is -2.37. The fraction of sp³-hybridized carbons (Fsp3) is 0.533. The van der Waals surface area contributed by atoms with Crippen LogP contribution in [-0.2, 0) is 4.74 Å². The van der Waals surface area contributed by atoms with Gasteiger partial charge in [-0.25, -0.2) is 9.18 Å². The Balaban J connectivity index is 1.68. The number of hydrogen-bond acceptors (Lipinski definition) is 4. The first-order valence-electron chi connectivity index (χ1n) is 6.99. The SMILES string of the molecule is O=C(O)c1ccc(OC2CCOC3(CCSC3)C2)cc1F. The molecule has 6 heteroatoms. The molecule has 1 aromatic rings. The molecule has 2 fully saturated rings. The summed E-state index contributed by atoms with van der Waals surface area (Å²) in [6, 6.07) is 3.90. The van der Waals surface area contributed by atoms with Gasteiger partial charge in [-0.1, -0.05) is 0 Å². The molecule has 0 aliphatic carbocycles. The minimum atomic E-state index is -1.27. The first-order chi connectivity index (χ1) is 10.1. The third kappa shape index (κ3) is 3.16. The molecular formula is C15H17FO4S. The average Bonchev–Trinajstić information content (AvgIpc) is 2.86. The summed E-state index contributed by atoms with van der Waals surface area (Å²) < 4.78 is 25.4. The molecule has 2 atom stereocenters. The van der Waals surface area contributed by atoms with Crippen molar-refractivity contribution in [2.24, 2.45) is 0 Å². The lowest BCUT2D eigenvalue weighted by molar-refractivity contribution is -0.0959. The monoisotopic (exact) mass is 312 g/mol. The maximum Gasteiger partial charge on any atom is 0.338 e. The number of carboxylic acids is 1. The second-order valence-electron chi connectivity index (χ2n) is 5.51. The van der Waals surface area contributed by atoms with E-state index in [4.69, 9.17) is 14.6 Å². The van der Waals surface area contributed by atoms with E-state index in [9.17, 15) is 9.18 Å². The highest BCUT2D eigenvalue weighted by molar-refractivity contribution is 7.99. The van der Waals surface area contributed by atoms with Crippen LogP contribution in [0.1, 0.15) is 29.6 Å². The molecule has 2 unspecified atom stereocenters. The van der Waals surface area contributed by atoms with Gasteiger partial charge < -0.3 is 14.6 Å². The Bertz CT molecular complexity index is 542. The Kier molecular flexibility index (Phi) is 4.08. The molecule has 21 heavy (non-hydrogen) atoms. The van der Waals surface area contributed by atoms with E-state index in [1.54, 1.807) is 0 Å². The normalized spacial score (nSPS) is 28.7. The smallest absolute Gasteiger partial charge is 0.338 e. The highest BCUT2D eigenvalue weighted by Gasteiger charge is 2.41. The van der Waals surface area contributed by atoms with Crippen LogP contribution in [-0.4, -0.2) is 40.9 Å². The molecule has 4 nitrogen and oxygen atoms in total. The Labute approximate surface area is 126 Å². The largest absolute Gasteiger partial charge is 0.490 e. The van der Waals surface area contributed by atoms with Crippen LogP contribution in [0.15, 0.2) is 18.2 Å². The van der Waals surface area contributed by atoms with Crippen LogP contribution in [0.3, 0.4) is 0 Å². The summed E-state index contributed by atoms with van der Waals surface area (Å²) in [6.45, 7) is 0.654. The van der Waals surface area contributed by atoms with Crippen molar-refractivity contribution in [3.63, 3.8) is 0 Å². The van der Waals surface area contributed by atoms with Crippen molar-refractivity contribution in [3.05, 3.63) is 29.6 Å². The number of benzene rings is 1. The minimum Gasteiger partial charge on any atom is -0.490 e. The van der Waals surface area contributed by atoms with Crippen molar-refractivity contribution >= 4 is 17.7 Å². The van der Waals surface area contributed by atoms with Crippen molar-refractivity contribution in [2.45, 2.75) is 31.0 Å². The topological polar surface area (TPSA) is 55.8 Å². The molecule has 3 rings (SSSR count). The van der Waals surface area contributed by atoms with Crippen LogP contribution in [0, 0.1) is 5.82 Å². The number of aromatic carboxylic acids is 1. The summed E-state index contributed by atoms with van der Waals surface area (Å²) in [5.41, 5.74) is -0.425. The summed E-state index contributed by atoms with van der Waals surface area (Å²) in [5, 5.41) is 8.82. The van der Waals surface area contributed by atoms with Crippen molar-refractivity contribution in [1.29, 1.82) is 0 Å². The fourth-order valence-corrected chi connectivity index (χ4v) is 4.26. The molecule has 1 N–H and O–H groups in total. The highest BCUT2D eigenvalue weighted by Crippen LogP contribution is 2.39. The summed E-state index contributed by atoms with van der Waals surface area (Å²) in [7, 11) is 0. The number of rotatable bonds is 3. The molecule has 1 spiro atoms. The molecule has 0 amide bonds. The van der Waals surface area contributed by atoms with E-state index in [-0.39, 0.29) is 17.3 Å². The summed E-state index contributed by atoms with van der Waals surface area (Å²) >= 11 is 1.89. The van der Waals surface area contributed by atoms with E-state index in [1.807, 2.05) is 11.8 Å². The third-order valence-corrected chi connectivity index (χ3v) is 5.21. The van der Waals surface area contributed by atoms with Crippen molar-refractivity contribution in [1.82, 2.24) is 0 Å². The standard InChI is InChI=1S/C15H17FO4S/c16-13-7-10(1-2-12(13)14(17)18)20-11-3-5-19-15(8-11)4-6-21-9-15/h1-2,7,11H,3-6,8-9H2,(H,17,18). The van der Waals surface area contributed by atoms with Gasteiger partial charge in [-0.3, -0.25) is 0 Å². The highest BCUT2D eigenvalue weighted by atomic mass is 32.2. The predicted molar refractivity (Wildman–Crippen MR) is 77.6 cm³/mol. The summed E-state index contributed by atoms with van der Waals surface area (Å²) in [5.74, 6) is 0.434. The number of halogens is 1. The van der Waals surface area contributed by atoms with Crippen LogP contribution in [0.4, 0.5) is 4.39 Å². The minimum absolute atomic E-state index is 0.00692. The van der Waals surface area contributed by atoms with Gasteiger partial charge in [0.1, 0.15) is 17.7 Å². The Morgan fingerprint density at radius 1 is 1.52 bits per heavy atom. The van der Waals surface area contributed by atoms with Gasteiger partial charge in [-0.15, -0.1) is 0 Å². The average molecular weight is 312 g/mol. The van der Waals surface area contributed by atoms with Crippen LogP contribution < -0.4 is 4.74 Å². The van der Waals surface area contributed by atoms with Gasteiger partial charge in [0.15, 0.2) is 0 Å². The van der Waals surface area contributed by atoms with Gasteiger partial charge in [-0.05, 0) is 24.3 Å². The zero-order chi connectivity index (χ0) is 14.9. The fourth-order valence-electron chi connectivity index (χ4n) is 2.88. The van der Waals surface area contributed by atoms with Gasteiger partial charge in [0.05, 0.1) is 17.8 Å². The van der Waals surface area contributed by atoms with Crippen molar-refractivity contribution in [3.8, 4) is 5.75 Å². The van der Waals surface area contributed by atoms with E-state index in [2.05, 4.69) is 0 Å². The van der Waals surface area contributed by atoms with Crippen LogP contribution >= 0.6 is 11.8 Å². The molecule has 2 aliphatic rings.